The van der Waals surface area contributed by atoms with Crippen LogP contribution in [0.25, 0.3) is 0 Å². The SMILES string of the molecule is CCC(CC)CS(=O)(=O)c1ccc(CO)cc1. The molecule has 3 nitrogen and oxygen atoms in total. The van der Waals surface area contributed by atoms with Gasteiger partial charge >= 0.3 is 0 Å². The van der Waals surface area contributed by atoms with Crippen LogP contribution in [0, 0.1) is 5.92 Å². The van der Waals surface area contributed by atoms with Crippen LogP contribution in [0.4, 0.5) is 0 Å². The van der Waals surface area contributed by atoms with E-state index in [1.54, 1.807) is 24.3 Å². The molecule has 0 aliphatic heterocycles. The summed E-state index contributed by atoms with van der Waals surface area (Å²) in [6.07, 6.45) is 1.76. The van der Waals surface area contributed by atoms with Gasteiger partial charge < -0.3 is 5.11 Å². The number of benzene rings is 1. The summed E-state index contributed by atoms with van der Waals surface area (Å²) >= 11 is 0. The van der Waals surface area contributed by atoms with Crippen LogP contribution in [0.3, 0.4) is 0 Å². The van der Waals surface area contributed by atoms with Crippen LogP contribution >= 0.6 is 0 Å². The number of sulfone groups is 1. The Kier molecular flexibility index (Phi) is 5.15. The molecular weight excluding hydrogens is 236 g/mol. The summed E-state index contributed by atoms with van der Waals surface area (Å²) in [7, 11) is -3.19. The fraction of sp³-hybridized carbons (Fsp3) is 0.538. The second-order valence-corrected chi connectivity index (χ2v) is 6.30. The van der Waals surface area contributed by atoms with Gasteiger partial charge in [-0.15, -0.1) is 0 Å². The predicted octanol–water partition coefficient (Wildman–Crippen LogP) is 2.39. The highest BCUT2D eigenvalue weighted by atomic mass is 32.2. The second-order valence-electron chi connectivity index (χ2n) is 4.27. The molecule has 0 amide bonds. The minimum absolute atomic E-state index is 0.0626. The Balaban J connectivity index is 2.89. The molecule has 0 aliphatic carbocycles. The van der Waals surface area contributed by atoms with Gasteiger partial charge in [-0.1, -0.05) is 38.8 Å². The molecule has 0 fully saturated rings. The zero-order chi connectivity index (χ0) is 12.9. The minimum Gasteiger partial charge on any atom is -0.392 e. The first kappa shape index (κ1) is 14.2. The van der Waals surface area contributed by atoms with Gasteiger partial charge in [-0.2, -0.15) is 0 Å². The molecule has 0 saturated carbocycles. The van der Waals surface area contributed by atoms with E-state index in [1.165, 1.54) is 0 Å². The lowest BCUT2D eigenvalue weighted by Crippen LogP contribution is -2.15. The van der Waals surface area contributed by atoms with Crippen molar-refractivity contribution in [3.8, 4) is 0 Å². The molecule has 0 saturated heterocycles. The second kappa shape index (κ2) is 6.17. The maximum absolute atomic E-state index is 12.1. The monoisotopic (exact) mass is 256 g/mol. The van der Waals surface area contributed by atoms with Crippen LogP contribution in [-0.4, -0.2) is 19.3 Å². The van der Waals surface area contributed by atoms with Crippen molar-refractivity contribution in [2.24, 2.45) is 5.92 Å². The number of hydrogen-bond donors (Lipinski definition) is 1. The molecule has 1 N–H and O–H groups in total. The van der Waals surface area contributed by atoms with E-state index in [-0.39, 0.29) is 18.3 Å². The maximum atomic E-state index is 12.1. The number of aliphatic hydroxyl groups excluding tert-OH is 1. The molecule has 0 spiro atoms. The molecule has 1 aromatic rings. The van der Waals surface area contributed by atoms with Crippen molar-refractivity contribution in [3.05, 3.63) is 29.8 Å². The summed E-state index contributed by atoms with van der Waals surface area (Å²) in [6, 6.07) is 6.45. The smallest absolute Gasteiger partial charge is 0.178 e. The summed E-state index contributed by atoms with van der Waals surface area (Å²) in [4.78, 5) is 0.349. The minimum atomic E-state index is -3.19. The van der Waals surface area contributed by atoms with E-state index in [9.17, 15) is 8.42 Å². The maximum Gasteiger partial charge on any atom is 0.178 e. The van der Waals surface area contributed by atoms with Crippen LogP contribution in [0.15, 0.2) is 29.2 Å². The topological polar surface area (TPSA) is 54.4 Å². The predicted molar refractivity (Wildman–Crippen MR) is 68.5 cm³/mol. The van der Waals surface area contributed by atoms with Gasteiger partial charge in [-0.05, 0) is 23.6 Å². The largest absolute Gasteiger partial charge is 0.392 e. The van der Waals surface area contributed by atoms with Crippen LogP contribution in [0.2, 0.25) is 0 Å². The molecule has 4 heteroatoms. The van der Waals surface area contributed by atoms with Gasteiger partial charge in [-0.25, -0.2) is 8.42 Å². The molecular formula is C13H20O3S. The number of aliphatic hydroxyl groups is 1. The molecule has 17 heavy (non-hydrogen) atoms. The number of hydrogen-bond acceptors (Lipinski definition) is 3. The van der Waals surface area contributed by atoms with Crippen LogP contribution in [-0.2, 0) is 16.4 Å². The molecule has 0 heterocycles. The third-order valence-corrected chi connectivity index (χ3v) is 4.98. The van der Waals surface area contributed by atoms with E-state index >= 15 is 0 Å². The van der Waals surface area contributed by atoms with Crippen molar-refractivity contribution in [2.45, 2.75) is 38.2 Å². The molecule has 0 bridgehead atoms. The molecule has 0 aliphatic rings. The lowest BCUT2D eigenvalue weighted by atomic mass is 10.1. The van der Waals surface area contributed by atoms with Gasteiger partial charge in [0.05, 0.1) is 17.3 Å². The van der Waals surface area contributed by atoms with E-state index in [0.29, 0.717) is 4.90 Å². The lowest BCUT2D eigenvalue weighted by molar-refractivity contribution is 0.282. The lowest BCUT2D eigenvalue weighted by Gasteiger charge is -2.12. The highest BCUT2D eigenvalue weighted by molar-refractivity contribution is 7.91. The van der Waals surface area contributed by atoms with Gasteiger partial charge in [-0.3, -0.25) is 0 Å². The van der Waals surface area contributed by atoms with Gasteiger partial charge in [0.15, 0.2) is 9.84 Å². The van der Waals surface area contributed by atoms with E-state index in [2.05, 4.69) is 0 Å². The highest BCUT2D eigenvalue weighted by Gasteiger charge is 2.18. The summed E-state index contributed by atoms with van der Waals surface area (Å²) in [5.41, 5.74) is 0.728. The highest BCUT2D eigenvalue weighted by Crippen LogP contribution is 2.18. The van der Waals surface area contributed by atoms with E-state index in [0.717, 1.165) is 18.4 Å². The number of rotatable bonds is 6. The van der Waals surface area contributed by atoms with Gasteiger partial charge in [0, 0.05) is 0 Å². The van der Waals surface area contributed by atoms with E-state index in [1.807, 2.05) is 13.8 Å². The molecule has 96 valence electrons. The standard InChI is InChI=1S/C13H20O3S/c1-3-11(4-2)10-17(15,16)13-7-5-12(9-14)6-8-13/h5-8,11,14H,3-4,9-10H2,1-2H3. The zero-order valence-corrected chi connectivity index (χ0v) is 11.2. The quantitative estimate of drug-likeness (QED) is 0.850. The zero-order valence-electron chi connectivity index (χ0n) is 10.4. The molecule has 0 atom stereocenters. The molecule has 1 aromatic carbocycles. The Morgan fingerprint density at radius 2 is 1.65 bits per heavy atom. The summed E-state index contributed by atoms with van der Waals surface area (Å²) in [5, 5.41) is 8.90. The Hall–Kier alpha value is -0.870. The Labute approximate surface area is 103 Å². The summed E-state index contributed by atoms with van der Waals surface area (Å²) in [5.74, 6) is 0.427. The Bertz CT molecular complexity index is 430. The average molecular weight is 256 g/mol. The first-order chi connectivity index (χ1) is 8.03. The van der Waals surface area contributed by atoms with Crippen LogP contribution < -0.4 is 0 Å². The van der Waals surface area contributed by atoms with Crippen molar-refractivity contribution in [2.75, 3.05) is 5.75 Å². The van der Waals surface area contributed by atoms with Gasteiger partial charge in [0.2, 0.25) is 0 Å². The fourth-order valence-corrected chi connectivity index (χ4v) is 3.57. The van der Waals surface area contributed by atoms with E-state index < -0.39 is 9.84 Å². The first-order valence-corrected chi connectivity index (χ1v) is 7.61. The van der Waals surface area contributed by atoms with Crippen molar-refractivity contribution in [3.63, 3.8) is 0 Å². The molecule has 0 unspecified atom stereocenters. The average Bonchev–Trinajstić information content (AvgIpc) is 2.36. The molecule has 0 radical (unpaired) electrons. The summed E-state index contributed by atoms with van der Waals surface area (Å²) in [6.45, 7) is 3.96. The van der Waals surface area contributed by atoms with Crippen LogP contribution in [0.1, 0.15) is 32.3 Å². The molecule has 1 rings (SSSR count). The first-order valence-electron chi connectivity index (χ1n) is 5.96. The third-order valence-electron chi connectivity index (χ3n) is 3.07. The fourth-order valence-electron chi connectivity index (χ4n) is 1.73. The van der Waals surface area contributed by atoms with Crippen LogP contribution in [0.5, 0.6) is 0 Å². The van der Waals surface area contributed by atoms with Crippen molar-refractivity contribution in [1.29, 1.82) is 0 Å². The Morgan fingerprint density at radius 3 is 2.06 bits per heavy atom. The van der Waals surface area contributed by atoms with Gasteiger partial charge in [0.1, 0.15) is 0 Å². The normalized spacial score (nSPS) is 12.0. The van der Waals surface area contributed by atoms with Gasteiger partial charge in [0.25, 0.3) is 0 Å². The van der Waals surface area contributed by atoms with Crippen molar-refractivity contribution in [1.82, 2.24) is 0 Å². The van der Waals surface area contributed by atoms with E-state index in [4.69, 9.17) is 5.11 Å². The third kappa shape index (κ3) is 3.82. The van der Waals surface area contributed by atoms with Crippen molar-refractivity contribution < 1.29 is 13.5 Å². The summed E-state index contributed by atoms with van der Waals surface area (Å²) < 4.78 is 24.2. The Morgan fingerprint density at radius 1 is 1.12 bits per heavy atom. The van der Waals surface area contributed by atoms with Crippen molar-refractivity contribution >= 4 is 9.84 Å². The molecule has 0 aromatic heterocycles.